The molecule has 0 aliphatic carbocycles. The standard InChI is InChI=1S/C14H10N2/c1-3-13-11(5-9-15(13)7-1)12-6-10-16-8-2-4-14(12)16/h1-10H. The fraction of sp³-hybridized carbons (Fsp3) is 0. The summed E-state index contributed by atoms with van der Waals surface area (Å²) in [4.78, 5) is 0. The molecule has 0 atom stereocenters. The van der Waals surface area contributed by atoms with Gasteiger partial charge in [0.05, 0.1) is 11.0 Å². The van der Waals surface area contributed by atoms with Crippen molar-refractivity contribution in [1.82, 2.24) is 8.80 Å². The van der Waals surface area contributed by atoms with Crippen LogP contribution in [0.15, 0.2) is 61.2 Å². The monoisotopic (exact) mass is 206 g/mol. The van der Waals surface area contributed by atoms with Gasteiger partial charge in [0.2, 0.25) is 0 Å². The molecule has 4 rings (SSSR count). The highest BCUT2D eigenvalue weighted by Crippen LogP contribution is 2.14. The van der Waals surface area contributed by atoms with Crippen LogP contribution in [0.3, 0.4) is 0 Å². The van der Waals surface area contributed by atoms with Crippen molar-refractivity contribution in [3.8, 4) is 0 Å². The van der Waals surface area contributed by atoms with Crippen molar-refractivity contribution in [3.05, 3.63) is 71.6 Å². The summed E-state index contributed by atoms with van der Waals surface area (Å²) in [6.45, 7) is 0. The summed E-state index contributed by atoms with van der Waals surface area (Å²) in [5.74, 6) is 0. The minimum Gasteiger partial charge on any atom is -0.323 e. The Labute approximate surface area is 92.0 Å². The first-order valence-corrected chi connectivity index (χ1v) is 5.38. The fourth-order valence-corrected chi connectivity index (χ4v) is 2.44. The second-order valence-electron chi connectivity index (χ2n) is 4.06. The molecule has 4 aromatic rings. The van der Waals surface area contributed by atoms with Crippen molar-refractivity contribution in [1.29, 1.82) is 0 Å². The molecule has 4 aromatic heterocycles. The molecule has 0 amide bonds. The smallest absolute Gasteiger partial charge is 0.0529 e. The molecule has 0 bridgehead atoms. The predicted octanol–water partition coefficient (Wildman–Crippen LogP) is 2.92. The fourth-order valence-electron chi connectivity index (χ4n) is 2.44. The van der Waals surface area contributed by atoms with Gasteiger partial charge >= 0.3 is 0 Å². The average Bonchev–Trinajstić information content (AvgIpc) is 2.97. The lowest BCUT2D eigenvalue weighted by Gasteiger charge is -1.83. The van der Waals surface area contributed by atoms with Crippen LogP contribution in [-0.4, -0.2) is 8.80 Å². The largest absolute Gasteiger partial charge is 0.323 e. The Bertz CT molecular complexity index is 778. The lowest BCUT2D eigenvalue weighted by Crippen LogP contribution is -1.71. The Hall–Kier alpha value is -2.22. The van der Waals surface area contributed by atoms with Gasteiger partial charge in [0, 0.05) is 35.2 Å². The van der Waals surface area contributed by atoms with Gasteiger partial charge in [-0.05, 0) is 36.4 Å². The molecule has 0 spiro atoms. The second kappa shape index (κ2) is 2.67. The maximum Gasteiger partial charge on any atom is 0.0529 e. The Morgan fingerprint density at radius 3 is 1.56 bits per heavy atom. The SMILES string of the molecule is c1cc2c(=c3ccn4cccc34)ccn2c1. The zero-order chi connectivity index (χ0) is 10.5. The van der Waals surface area contributed by atoms with E-state index in [0.29, 0.717) is 0 Å². The van der Waals surface area contributed by atoms with E-state index in [1.54, 1.807) is 0 Å². The van der Waals surface area contributed by atoms with E-state index in [-0.39, 0.29) is 0 Å². The van der Waals surface area contributed by atoms with Crippen LogP contribution in [0.25, 0.3) is 11.0 Å². The minimum atomic E-state index is 1.27. The highest BCUT2D eigenvalue weighted by atomic mass is 14.9. The van der Waals surface area contributed by atoms with E-state index in [1.165, 1.54) is 21.5 Å². The predicted molar refractivity (Wildman–Crippen MR) is 63.7 cm³/mol. The van der Waals surface area contributed by atoms with Crippen molar-refractivity contribution < 1.29 is 0 Å². The van der Waals surface area contributed by atoms with E-state index in [9.17, 15) is 0 Å². The molecule has 16 heavy (non-hydrogen) atoms. The lowest BCUT2D eigenvalue weighted by atomic mass is 10.3. The van der Waals surface area contributed by atoms with Crippen LogP contribution in [-0.2, 0) is 0 Å². The van der Waals surface area contributed by atoms with Crippen LogP contribution in [0.5, 0.6) is 0 Å². The van der Waals surface area contributed by atoms with Gasteiger partial charge in [-0.1, -0.05) is 0 Å². The molecule has 0 saturated carbocycles. The van der Waals surface area contributed by atoms with E-state index in [4.69, 9.17) is 0 Å². The summed E-state index contributed by atoms with van der Waals surface area (Å²) < 4.78 is 4.31. The van der Waals surface area contributed by atoms with E-state index in [0.717, 1.165) is 0 Å². The maximum atomic E-state index is 2.18. The molecular weight excluding hydrogens is 196 g/mol. The molecule has 2 nitrogen and oxygen atoms in total. The van der Waals surface area contributed by atoms with Gasteiger partial charge in [-0.25, -0.2) is 0 Å². The number of aromatic nitrogens is 2. The van der Waals surface area contributed by atoms with Crippen LogP contribution in [0.1, 0.15) is 0 Å². The van der Waals surface area contributed by atoms with Crippen LogP contribution in [0, 0.1) is 10.4 Å². The number of hydrogen-bond donors (Lipinski definition) is 0. The van der Waals surface area contributed by atoms with Crippen LogP contribution in [0.2, 0.25) is 0 Å². The maximum absolute atomic E-state index is 2.18. The highest BCUT2D eigenvalue weighted by molar-refractivity contribution is 5.58. The molecule has 0 fully saturated rings. The molecule has 0 N–H and O–H groups in total. The third-order valence-electron chi connectivity index (χ3n) is 3.20. The van der Waals surface area contributed by atoms with Gasteiger partial charge in [-0.15, -0.1) is 0 Å². The Balaban J connectivity index is 2.40. The zero-order valence-corrected chi connectivity index (χ0v) is 8.67. The summed E-state index contributed by atoms with van der Waals surface area (Å²) in [6.07, 6.45) is 8.38. The molecule has 0 aromatic carbocycles. The van der Waals surface area contributed by atoms with E-state index in [2.05, 4.69) is 70.0 Å². The summed E-state index contributed by atoms with van der Waals surface area (Å²) in [5, 5.41) is 2.61. The second-order valence-corrected chi connectivity index (χ2v) is 4.06. The number of rotatable bonds is 0. The van der Waals surface area contributed by atoms with Crippen molar-refractivity contribution in [2.45, 2.75) is 0 Å². The molecule has 4 heterocycles. The summed E-state index contributed by atoms with van der Waals surface area (Å²) >= 11 is 0. The third kappa shape index (κ3) is 0.865. The van der Waals surface area contributed by atoms with Gasteiger partial charge in [-0.3, -0.25) is 0 Å². The van der Waals surface area contributed by atoms with Crippen molar-refractivity contribution in [2.24, 2.45) is 0 Å². The third-order valence-corrected chi connectivity index (χ3v) is 3.20. The van der Waals surface area contributed by atoms with Gasteiger partial charge in [0.25, 0.3) is 0 Å². The van der Waals surface area contributed by atoms with Crippen LogP contribution >= 0.6 is 0 Å². The first kappa shape index (κ1) is 7.99. The van der Waals surface area contributed by atoms with Crippen molar-refractivity contribution in [2.75, 3.05) is 0 Å². The highest BCUT2D eigenvalue weighted by Gasteiger charge is 2.00. The van der Waals surface area contributed by atoms with Gasteiger partial charge < -0.3 is 8.80 Å². The quantitative estimate of drug-likeness (QED) is 0.418. The van der Waals surface area contributed by atoms with Crippen LogP contribution < -0.4 is 0 Å². The van der Waals surface area contributed by atoms with Gasteiger partial charge in [-0.2, -0.15) is 0 Å². The molecule has 2 heteroatoms. The first-order chi connectivity index (χ1) is 7.93. The summed E-state index contributed by atoms with van der Waals surface area (Å²) in [5.41, 5.74) is 2.55. The van der Waals surface area contributed by atoms with Crippen molar-refractivity contribution >= 4 is 11.0 Å². The molecular formula is C14H10N2. The lowest BCUT2D eigenvalue weighted by molar-refractivity contribution is 1.24. The average molecular weight is 206 g/mol. The Morgan fingerprint density at radius 2 is 1.06 bits per heavy atom. The van der Waals surface area contributed by atoms with E-state index in [1.807, 2.05) is 0 Å². The van der Waals surface area contributed by atoms with E-state index >= 15 is 0 Å². The van der Waals surface area contributed by atoms with Crippen LogP contribution in [0.4, 0.5) is 0 Å². The normalized spacial score (nSPS) is 14.0. The molecule has 0 radical (unpaired) electrons. The van der Waals surface area contributed by atoms with Gasteiger partial charge in [0.15, 0.2) is 0 Å². The Kier molecular flexibility index (Phi) is 1.33. The number of nitrogens with zero attached hydrogens (tertiary/aromatic N) is 2. The van der Waals surface area contributed by atoms with E-state index < -0.39 is 0 Å². The zero-order valence-electron chi connectivity index (χ0n) is 8.67. The summed E-state index contributed by atoms with van der Waals surface area (Å²) in [7, 11) is 0. The van der Waals surface area contributed by atoms with Gasteiger partial charge in [0.1, 0.15) is 0 Å². The molecule has 0 saturated heterocycles. The molecule has 0 aliphatic heterocycles. The molecule has 76 valence electrons. The topological polar surface area (TPSA) is 8.82 Å². The first-order valence-electron chi connectivity index (χ1n) is 5.38. The van der Waals surface area contributed by atoms with Crippen molar-refractivity contribution in [3.63, 3.8) is 0 Å². The molecule has 0 aliphatic rings. The number of fused-ring (bicyclic) bond motifs is 2. The summed E-state index contributed by atoms with van der Waals surface area (Å²) in [6, 6.07) is 12.8. The Morgan fingerprint density at radius 1 is 0.562 bits per heavy atom. The minimum absolute atomic E-state index is 1.27. The number of hydrogen-bond acceptors (Lipinski definition) is 0. The molecule has 0 unspecified atom stereocenters.